The molecule has 0 bridgehead atoms. The molecule has 23 heavy (non-hydrogen) atoms. The molecule has 3 rings (SSSR count). The van der Waals surface area contributed by atoms with Crippen LogP contribution >= 0.6 is 22.9 Å². The van der Waals surface area contributed by atoms with Gasteiger partial charge in [0.1, 0.15) is 11.6 Å². The third-order valence-electron chi connectivity index (χ3n) is 3.57. The van der Waals surface area contributed by atoms with E-state index in [-0.39, 0.29) is 18.2 Å². The van der Waals surface area contributed by atoms with Crippen LogP contribution in [0.1, 0.15) is 23.3 Å². The Morgan fingerprint density at radius 2 is 2.13 bits per heavy atom. The largest absolute Gasteiger partial charge is 0.459 e. The van der Waals surface area contributed by atoms with Crippen molar-refractivity contribution in [2.75, 3.05) is 19.7 Å². The Hall–Kier alpha value is -1.92. The molecule has 0 spiro atoms. The van der Waals surface area contributed by atoms with Gasteiger partial charge in [0, 0.05) is 28.9 Å². The Labute approximate surface area is 142 Å². The average Bonchev–Trinajstić information content (AvgIpc) is 3.18. The number of amides is 1. The predicted octanol–water partition coefficient (Wildman–Crippen LogP) is 3.24. The van der Waals surface area contributed by atoms with Crippen molar-refractivity contribution in [3.63, 3.8) is 0 Å². The van der Waals surface area contributed by atoms with Gasteiger partial charge in [0.05, 0.1) is 6.54 Å². The second-order valence-electron chi connectivity index (χ2n) is 5.17. The first-order chi connectivity index (χ1) is 11.1. The highest BCUT2D eigenvalue weighted by Crippen LogP contribution is 2.25. The molecule has 7 heteroatoms. The van der Waals surface area contributed by atoms with E-state index in [0.29, 0.717) is 18.0 Å². The van der Waals surface area contributed by atoms with Gasteiger partial charge in [0.2, 0.25) is 5.91 Å². The minimum Gasteiger partial charge on any atom is -0.459 e. The third kappa shape index (κ3) is 3.89. The van der Waals surface area contributed by atoms with E-state index < -0.39 is 5.97 Å². The minimum atomic E-state index is -0.465. The molecule has 2 aromatic rings. The van der Waals surface area contributed by atoms with Gasteiger partial charge in [0.15, 0.2) is 5.69 Å². The lowest BCUT2D eigenvalue weighted by atomic mass is 10.2. The first kappa shape index (κ1) is 16.0. The number of halogens is 1. The summed E-state index contributed by atoms with van der Waals surface area (Å²) in [5.74, 6) is -0.340. The van der Waals surface area contributed by atoms with Crippen molar-refractivity contribution < 1.29 is 14.3 Å². The van der Waals surface area contributed by atoms with E-state index in [2.05, 4.69) is 4.98 Å². The molecule has 0 saturated carbocycles. The molecule has 1 amide bonds. The van der Waals surface area contributed by atoms with E-state index in [0.717, 1.165) is 23.5 Å². The molecule has 0 atom stereocenters. The predicted molar refractivity (Wildman–Crippen MR) is 88.7 cm³/mol. The summed E-state index contributed by atoms with van der Waals surface area (Å²) in [6, 6.07) is 7.28. The summed E-state index contributed by atoms with van der Waals surface area (Å²) in [6.45, 7) is 1.38. The number of esters is 1. The van der Waals surface area contributed by atoms with Crippen LogP contribution in [0.15, 0.2) is 29.6 Å². The minimum absolute atomic E-state index is 0.125. The summed E-state index contributed by atoms with van der Waals surface area (Å²) in [7, 11) is 0. The van der Waals surface area contributed by atoms with Crippen LogP contribution in [0.25, 0.3) is 10.6 Å². The number of thiazole rings is 1. The van der Waals surface area contributed by atoms with Gasteiger partial charge in [0.25, 0.3) is 0 Å². The van der Waals surface area contributed by atoms with Crippen molar-refractivity contribution in [2.24, 2.45) is 0 Å². The van der Waals surface area contributed by atoms with Crippen LogP contribution < -0.4 is 0 Å². The van der Waals surface area contributed by atoms with Crippen molar-refractivity contribution >= 4 is 34.8 Å². The Balaban J connectivity index is 1.56. The molecule has 1 aromatic carbocycles. The lowest BCUT2D eigenvalue weighted by Crippen LogP contribution is -2.29. The number of nitrogens with zero attached hydrogens (tertiary/aromatic N) is 2. The summed E-state index contributed by atoms with van der Waals surface area (Å²) in [4.78, 5) is 29.5. The van der Waals surface area contributed by atoms with Crippen LogP contribution in [0.5, 0.6) is 0 Å². The maximum atomic E-state index is 12.0. The SMILES string of the molecule is O=C(OCCN1CCCC1=O)c1csc(-c2ccc(Cl)cc2)n1. The zero-order valence-electron chi connectivity index (χ0n) is 12.3. The topological polar surface area (TPSA) is 59.5 Å². The zero-order valence-corrected chi connectivity index (χ0v) is 13.9. The number of hydrogen-bond acceptors (Lipinski definition) is 5. The van der Waals surface area contributed by atoms with Crippen molar-refractivity contribution in [1.29, 1.82) is 0 Å². The van der Waals surface area contributed by atoms with Gasteiger partial charge in [-0.05, 0) is 18.6 Å². The van der Waals surface area contributed by atoms with Crippen LogP contribution in [-0.2, 0) is 9.53 Å². The molecule has 1 aromatic heterocycles. The van der Waals surface area contributed by atoms with Crippen molar-refractivity contribution in [3.8, 4) is 10.6 Å². The summed E-state index contributed by atoms with van der Waals surface area (Å²) in [5, 5.41) is 3.07. The van der Waals surface area contributed by atoms with E-state index in [9.17, 15) is 9.59 Å². The molecule has 5 nitrogen and oxygen atoms in total. The third-order valence-corrected chi connectivity index (χ3v) is 4.71. The first-order valence-electron chi connectivity index (χ1n) is 7.30. The fourth-order valence-electron chi connectivity index (χ4n) is 2.36. The second-order valence-corrected chi connectivity index (χ2v) is 6.46. The molecule has 2 heterocycles. The number of likely N-dealkylation sites (tertiary alicyclic amines) is 1. The first-order valence-corrected chi connectivity index (χ1v) is 8.55. The molecular formula is C16H15ClN2O3S. The van der Waals surface area contributed by atoms with E-state index in [4.69, 9.17) is 16.3 Å². The number of ether oxygens (including phenoxy) is 1. The van der Waals surface area contributed by atoms with Crippen molar-refractivity contribution in [2.45, 2.75) is 12.8 Å². The number of carbonyl (C=O) groups is 2. The molecule has 0 radical (unpaired) electrons. The molecule has 120 valence electrons. The number of benzene rings is 1. The molecule has 1 aliphatic heterocycles. The van der Waals surface area contributed by atoms with Gasteiger partial charge >= 0.3 is 5.97 Å². The van der Waals surface area contributed by atoms with Crippen molar-refractivity contribution in [1.82, 2.24) is 9.88 Å². The number of carbonyl (C=O) groups excluding carboxylic acids is 2. The lowest BCUT2D eigenvalue weighted by Gasteiger charge is -2.14. The summed E-state index contributed by atoms with van der Waals surface area (Å²) in [5.41, 5.74) is 1.19. The summed E-state index contributed by atoms with van der Waals surface area (Å²) >= 11 is 7.23. The highest BCUT2D eigenvalue weighted by Gasteiger charge is 2.20. The molecule has 0 unspecified atom stereocenters. The summed E-state index contributed by atoms with van der Waals surface area (Å²) in [6.07, 6.45) is 1.47. The van der Waals surface area contributed by atoms with Crippen LogP contribution in [0.2, 0.25) is 5.02 Å². The van der Waals surface area contributed by atoms with Crippen LogP contribution in [0.4, 0.5) is 0 Å². The standard InChI is InChI=1S/C16H15ClN2O3S/c17-12-5-3-11(4-6-12)15-18-13(10-23-15)16(21)22-9-8-19-7-1-2-14(19)20/h3-6,10H,1-2,7-9H2. The molecule has 1 fully saturated rings. The fraction of sp³-hybridized carbons (Fsp3) is 0.312. The monoisotopic (exact) mass is 350 g/mol. The Morgan fingerprint density at radius 3 is 2.83 bits per heavy atom. The Bertz CT molecular complexity index is 714. The molecule has 0 aliphatic carbocycles. The van der Waals surface area contributed by atoms with Gasteiger partial charge < -0.3 is 9.64 Å². The van der Waals surface area contributed by atoms with Gasteiger partial charge in [-0.15, -0.1) is 11.3 Å². The van der Waals surface area contributed by atoms with Crippen molar-refractivity contribution in [3.05, 3.63) is 40.4 Å². The Morgan fingerprint density at radius 1 is 1.35 bits per heavy atom. The van der Waals surface area contributed by atoms with Crippen LogP contribution in [0.3, 0.4) is 0 Å². The van der Waals surface area contributed by atoms with Crippen LogP contribution in [-0.4, -0.2) is 41.5 Å². The number of hydrogen-bond donors (Lipinski definition) is 0. The lowest BCUT2D eigenvalue weighted by molar-refractivity contribution is -0.128. The number of rotatable bonds is 5. The molecule has 0 N–H and O–H groups in total. The van der Waals surface area contributed by atoms with Gasteiger partial charge in [-0.1, -0.05) is 23.7 Å². The van der Waals surface area contributed by atoms with E-state index in [1.807, 2.05) is 12.1 Å². The smallest absolute Gasteiger partial charge is 0.357 e. The highest BCUT2D eigenvalue weighted by molar-refractivity contribution is 7.13. The van der Waals surface area contributed by atoms with E-state index in [1.165, 1.54) is 11.3 Å². The quantitative estimate of drug-likeness (QED) is 0.777. The maximum absolute atomic E-state index is 12.0. The second kappa shape index (κ2) is 7.10. The zero-order chi connectivity index (χ0) is 16.2. The maximum Gasteiger partial charge on any atom is 0.357 e. The Kier molecular flexibility index (Phi) is 4.93. The summed E-state index contributed by atoms with van der Waals surface area (Å²) < 4.78 is 5.20. The fourth-order valence-corrected chi connectivity index (χ4v) is 3.28. The van der Waals surface area contributed by atoms with E-state index in [1.54, 1.807) is 22.4 Å². The van der Waals surface area contributed by atoms with Gasteiger partial charge in [-0.3, -0.25) is 4.79 Å². The molecule has 1 saturated heterocycles. The van der Waals surface area contributed by atoms with Gasteiger partial charge in [-0.25, -0.2) is 9.78 Å². The molecule has 1 aliphatic rings. The van der Waals surface area contributed by atoms with E-state index >= 15 is 0 Å². The van der Waals surface area contributed by atoms with Crippen LogP contribution in [0, 0.1) is 0 Å². The number of aromatic nitrogens is 1. The normalized spacial score (nSPS) is 14.3. The average molecular weight is 351 g/mol. The van der Waals surface area contributed by atoms with Gasteiger partial charge in [-0.2, -0.15) is 0 Å². The molecular weight excluding hydrogens is 336 g/mol. The highest BCUT2D eigenvalue weighted by atomic mass is 35.5.